The molecule has 2 N–H and O–H groups in total. The number of likely N-dealkylation sites (N-methyl/N-ethyl adjacent to an activating group) is 1. The molecule has 1 heterocycles. The van der Waals surface area contributed by atoms with Crippen LogP contribution in [0.4, 0.5) is 0 Å². The second kappa shape index (κ2) is 6.71. The lowest BCUT2D eigenvalue weighted by molar-refractivity contribution is -0.123. The molecule has 4 heteroatoms. The van der Waals surface area contributed by atoms with Gasteiger partial charge in [-0.2, -0.15) is 0 Å². The molecule has 1 aliphatic heterocycles. The third-order valence-electron chi connectivity index (χ3n) is 5.10. The van der Waals surface area contributed by atoms with E-state index >= 15 is 0 Å². The molecule has 1 saturated heterocycles. The van der Waals surface area contributed by atoms with Crippen LogP contribution in [0.1, 0.15) is 39.5 Å². The van der Waals surface area contributed by atoms with Gasteiger partial charge in [0.25, 0.3) is 0 Å². The van der Waals surface area contributed by atoms with Crippen LogP contribution < -0.4 is 10.6 Å². The average Bonchev–Trinajstić information content (AvgIpc) is 2.82. The van der Waals surface area contributed by atoms with Crippen molar-refractivity contribution in [1.29, 1.82) is 0 Å². The summed E-state index contributed by atoms with van der Waals surface area (Å²) in [6, 6.07) is 0.945. The van der Waals surface area contributed by atoms with Gasteiger partial charge in [0, 0.05) is 25.2 Å². The molecule has 2 aliphatic rings. The highest BCUT2D eigenvalue weighted by atomic mass is 16.2. The maximum absolute atomic E-state index is 12.1. The first-order valence-corrected chi connectivity index (χ1v) is 7.79. The number of likely N-dealkylation sites (tertiary alicyclic amines) is 1. The van der Waals surface area contributed by atoms with Gasteiger partial charge < -0.3 is 10.6 Å². The molecule has 0 radical (unpaired) electrons. The molecule has 1 aliphatic carbocycles. The zero-order valence-electron chi connectivity index (χ0n) is 12.6. The molecule has 4 unspecified atom stereocenters. The van der Waals surface area contributed by atoms with Gasteiger partial charge >= 0.3 is 0 Å². The van der Waals surface area contributed by atoms with Crippen LogP contribution in [0.15, 0.2) is 0 Å². The maximum Gasteiger partial charge on any atom is 0.234 e. The van der Waals surface area contributed by atoms with Crippen molar-refractivity contribution in [2.75, 3.05) is 26.7 Å². The summed E-state index contributed by atoms with van der Waals surface area (Å²) in [4.78, 5) is 14.4. The van der Waals surface area contributed by atoms with E-state index in [1.54, 1.807) is 0 Å². The van der Waals surface area contributed by atoms with Gasteiger partial charge in [-0.05, 0) is 31.7 Å². The molecule has 2 fully saturated rings. The van der Waals surface area contributed by atoms with E-state index in [0.29, 0.717) is 24.5 Å². The van der Waals surface area contributed by atoms with Gasteiger partial charge in [-0.25, -0.2) is 0 Å². The molecule has 4 atom stereocenters. The van der Waals surface area contributed by atoms with E-state index in [1.165, 1.54) is 12.8 Å². The number of nitrogens with one attached hydrogen (secondary N) is 2. The molecule has 1 saturated carbocycles. The topological polar surface area (TPSA) is 44.4 Å². The van der Waals surface area contributed by atoms with Crippen LogP contribution in [0, 0.1) is 11.8 Å². The van der Waals surface area contributed by atoms with Crippen LogP contribution in [-0.2, 0) is 4.79 Å². The van der Waals surface area contributed by atoms with Crippen LogP contribution >= 0.6 is 0 Å². The van der Waals surface area contributed by atoms with Crippen LogP contribution in [0.5, 0.6) is 0 Å². The Morgan fingerprint density at radius 2 is 2.05 bits per heavy atom. The first kappa shape index (κ1) is 14.8. The van der Waals surface area contributed by atoms with Gasteiger partial charge in [-0.3, -0.25) is 9.69 Å². The van der Waals surface area contributed by atoms with Gasteiger partial charge in [0.15, 0.2) is 0 Å². The molecule has 110 valence electrons. The van der Waals surface area contributed by atoms with Crippen LogP contribution in [0.25, 0.3) is 0 Å². The van der Waals surface area contributed by atoms with Gasteiger partial charge in [0.05, 0.1) is 6.54 Å². The molecule has 2 rings (SSSR count). The highest BCUT2D eigenvalue weighted by Crippen LogP contribution is 2.29. The van der Waals surface area contributed by atoms with Crippen molar-refractivity contribution < 1.29 is 4.79 Å². The predicted octanol–water partition coefficient (Wildman–Crippen LogP) is 1.22. The van der Waals surface area contributed by atoms with Crippen molar-refractivity contribution >= 4 is 5.91 Å². The first-order chi connectivity index (χ1) is 9.10. The Morgan fingerprint density at radius 3 is 2.74 bits per heavy atom. The van der Waals surface area contributed by atoms with E-state index in [2.05, 4.69) is 29.4 Å². The first-order valence-electron chi connectivity index (χ1n) is 7.79. The minimum absolute atomic E-state index is 0.211. The number of carbonyl (C=O) groups excluding carboxylic acids is 1. The zero-order chi connectivity index (χ0) is 13.8. The summed E-state index contributed by atoms with van der Waals surface area (Å²) in [6.45, 7) is 7.19. The Kier molecular flexibility index (Phi) is 5.22. The minimum atomic E-state index is 0.211. The normalized spacial score (nSPS) is 36.4. The lowest BCUT2D eigenvalue weighted by atomic mass is 9.78. The fraction of sp³-hybridized carbons (Fsp3) is 0.933. The SMILES string of the molecule is CNC1CCN(CC(=O)NC2CCCC(C)C2C)C1. The number of carbonyl (C=O) groups is 1. The van der Waals surface area contributed by atoms with Gasteiger partial charge in [0.2, 0.25) is 5.91 Å². The molecule has 0 aromatic carbocycles. The number of nitrogens with zero attached hydrogens (tertiary/aromatic N) is 1. The Morgan fingerprint density at radius 1 is 1.26 bits per heavy atom. The van der Waals surface area contributed by atoms with E-state index in [0.717, 1.165) is 31.8 Å². The summed E-state index contributed by atoms with van der Waals surface area (Å²) < 4.78 is 0. The van der Waals surface area contributed by atoms with Gasteiger partial charge in [-0.1, -0.05) is 26.7 Å². The summed E-state index contributed by atoms with van der Waals surface area (Å²) in [5.74, 6) is 1.56. The van der Waals surface area contributed by atoms with E-state index in [-0.39, 0.29) is 5.91 Å². The van der Waals surface area contributed by atoms with Crippen molar-refractivity contribution in [2.45, 2.75) is 51.6 Å². The van der Waals surface area contributed by atoms with Gasteiger partial charge in [0.1, 0.15) is 0 Å². The number of amides is 1. The van der Waals surface area contributed by atoms with E-state index < -0.39 is 0 Å². The van der Waals surface area contributed by atoms with Crippen molar-refractivity contribution in [3.05, 3.63) is 0 Å². The quantitative estimate of drug-likeness (QED) is 0.805. The van der Waals surface area contributed by atoms with E-state index in [1.807, 2.05) is 7.05 Å². The van der Waals surface area contributed by atoms with E-state index in [9.17, 15) is 4.79 Å². The van der Waals surface area contributed by atoms with Crippen LogP contribution in [-0.4, -0.2) is 49.6 Å². The fourth-order valence-corrected chi connectivity index (χ4v) is 3.45. The van der Waals surface area contributed by atoms with Crippen molar-refractivity contribution in [3.8, 4) is 0 Å². The Balaban J connectivity index is 1.75. The molecular weight excluding hydrogens is 238 g/mol. The fourth-order valence-electron chi connectivity index (χ4n) is 3.45. The standard InChI is InChI=1S/C15H29N3O/c1-11-5-4-6-14(12(11)2)17-15(19)10-18-8-7-13(9-18)16-3/h11-14,16H,4-10H2,1-3H3,(H,17,19). The van der Waals surface area contributed by atoms with Crippen LogP contribution in [0.2, 0.25) is 0 Å². The number of hydrogen-bond acceptors (Lipinski definition) is 3. The zero-order valence-corrected chi connectivity index (χ0v) is 12.6. The smallest absolute Gasteiger partial charge is 0.234 e. The summed E-state index contributed by atoms with van der Waals surface area (Å²) in [5, 5.41) is 6.55. The summed E-state index contributed by atoms with van der Waals surface area (Å²) >= 11 is 0. The predicted molar refractivity (Wildman–Crippen MR) is 78.0 cm³/mol. The molecule has 0 spiro atoms. The third-order valence-corrected chi connectivity index (χ3v) is 5.10. The molecule has 0 aromatic rings. The average molecular weight is 267 g/mol. The Hall–Kier alpha value is -0.610. The number of rotatable bonds is 4. The Labute approximate surface area is 117 Å². The maximum atomic E-state index is 12.1. The summed E-state index contributed by atoms with van der Waals surface area (Å²) in [7, 11) is 2.00. The van der Waals surface area contributed by atoms with Crippen LogP contribution in [0.3, 0.4) is 0 Å². The Bertz CT molecular complexity index is 308. The van der Waals surface area contributed by atoms with E-state index in [4.69, 9.17) is 0 Å². The highest BCUT2D eigenvalue weighted by Gasteiger charge is 2.29. The van der Waals surface area contributed by atoms with Gasteiger partial charge in [-0.15, -0.1) is 0 Å². The third kappa shape index (κ3) is 3.93. The second-order valence-corrected chi connectivity index (χ2v) is 6.45. The molecule has 1 amide bonds. The molecule has 0 bridgehead atoms. The second-order valence-electron chi connectivity index (χ2n) is 6.45. The van der Waals surface area contributed by atoms with Crippen molar-refractivity contribution in [2.24, 2.45) is 11.8 Å². The molecule has 0 aromatic heterocycles. The molecule has 4 nitrogen and oxygen atoms in total. The molecular formula is C15H29N3O. The highest BCUT2D eigenvalue weighted by molar-refractivity contribution is 5.78. The minimum Gasteiger partial charge on any atom is -0.352 e. The van der Waals surface area contributed by atoms with Crippen molar-refractivity contribution in [3.63, 3.8) is 0 Å². The monoisotopic (exact) mass is 267 g/mol. The molecule has 19 heavy (non-hydrogen) atoms. The summed E-state index contributed by atoms with van der Waals surface area (Å²) in [6.07, 6.45) is 4.86. The van der Waals surface area contributed by atoms with Crippen molar-refractivity contribution in [1.82, 2.24) is 15.5 Å². The number of hydrogen-bond donors (Lipinski definition) is 2. The lowest BCUT2D eigenvalue weighted by Crippen LogP contribution is -2.47. The lowest BCUT2D eigenvalue weighted by Gasteiger charge is -2.35. The largest absolute Gasteiger partial charge is 0.352 e. The summed E-state index contributed by atoms with van der Waals surface area (Å²) in [5.41, 5.74) is 0.